The Hall–Kier alpha value is -1.69. The predicted molar refractivity (Wildman–Crippen MR) is 95.6 cm³/mol. The van der Waals surface area contributed by atoms with E-state index in [4.69, 9.17) is 4.74 Å². The summed E-state index contributed by atoms with van der Waals surface area (Å²) in [7, 11) is 0. The number of likely N-dealkylation sites (tertiary alicyclic amines) is 1. The van der Waals surface area contributed by atoms with Crippen molar-refractivity contribution in [3.63, 3.8) is 0 Å². The van der Waals surface area contributed by atoms with Gasteiger partial charge in [0.25, 0.3) is 5.56 Å². The van der Waals surface area contributed by atoms with Crippen molar-refractivity contribution in [2.75, 3.05) is 26.2 Å². The molecule has 0 aromatic carbocycles. The summed E-state index contributed by atoms with van der Waals surface area (Å²) < 4.78 is 19.6. The third-order valence-electron chi connectivity index (χ3n) is 4.59. The summed E-state index contributed by atoms with van der Waals surface area (Å²) in [5.41, 5.74) is 1.73. The molecule has 0 N–H and O–H groups in total. The van der Waals surface area contributed by atoms with Gasteiger partial charge in [0.1, 0.15) is 12.2 Å². The maximum atomic E-state index is 12.9. The van der Waals surface area contributed by atoms with Gasteiger partial charge in [-0.25, -0.2) is 9.18 Å². The van der Waals surface area contributed by atoms with Crippen molar-refractivity contribution in [2.24, 2.45) is 5.92 Å². The van der Waals surface area contributed by atoms with Crippen LogP contribution in [0.4, 0.5) is 4.39 Å². The number of hydrogen-bond acceptors (Lipinski definition) is 4. The lowest BCUT2D eigenvalue weighted by atomic mass is 10.0. The number of pyridine rings is 1. The van der Waals surface area contributed by atoms with Gasteiger partial charge in [0.2, 0.25) is 0 Å². The molecule has 1 saturated heterocycles. The first-order valence-electron chi connectivity index (χ1n) is 9.06. The van der Waals surface area contributed by atoms with Crippen LogP contribution in [-0.2, 0) is 16.0 Å². The van der Waals surface area contributed by atoms with E-state index in [2.05, 4.69) is 4.90 Å². The van der Waals surface area contributed by atoms with Gasteiger partial charge in [-0.15, -0.1) is 0 Å². The van der Waals surface area contributed by atoms with Crippen molar-refractivity contribution in [3.8, 4) is 0 Å². The fourth-order valence-electron chi connectivity index (χ4n) is 3.17. The van der Waals surface area contributed by atoms with Crippen LogP contribution >= 0.6 is 0 Å². The number of aromatic nitrogens is 1. The zero-order valence-corrected chi connectivity index (χ0v) is 15.6. The lowest BCUT2D eigenvalue weighted by Gasteiger charge is -2.34. The SMILES string of the molecule is CCOC(=O)C(CC(C)C)n1cc(CCN2CC(F)C2)c(C)cc1=O. The molecule has 0 radical (unpaired) electrons. The topological polar surface area (TPSA) is 51.5 Å². The molecule has 1 aliphatic heterocycles. The Bertz CT molecular complexity index is 651. The second-order valence-electron chi connectivity index (χ2n) is 7.23. The molecular formula is C19H29FN2O3. The third-order valence-corrected chi connectivity index (χ3v) is 4.59. The van der Waals surface area contributed by atoms with Crippen LogP contribution in [0.2, 0.25) is 0 Å². The molecule has 0 amide bonds. The van der Waals surface area contributed by atoms with Crippen molar-refractivity contribution in [1.82, 2.24) is 9.47 Å². The molecule has 1 fully saturated rings. The Balaban J connectivity index is 2.22. The van der Waals surface area contributed by atoms with Crippen LogP contribution in [0.25, 0.3) is 0 Å². The lowest BCUT2D eigenvalue weighted by Crippen LogP contribution is -2.49. The second kappa shape index (κ2) is 8.61. The number of carbonyl (C=O) groups excluding carboxylic acids is 1. The number of esters is 1. The highest BCUT2D eigenvalue weighted by Crippen LogP contribution is 2.20. The Kier molecular flexibility index (Phi) is 6.76. The van der Waals surface area contributed by atoms with Gasteiger partial charge in [-0.2, -0.15) is 0 Å². The number of alkyl halides is 1. The van der Waals surface area contributed by atoms with Gasteiger partial charge in [-0.1, -0.05) is 13.8 Å². The zero-order chi connectivity index (χ0) is 18.6. The number of aryl methyl sites for hydroxylation is 1. The Labute approximate surface area is 148 Å². The third kappa shape index (κ3) is 5.14. The molecule has 1 aromatic heterocycles. The normalized spacial score (nSPS) is 16.7. The Morgan fingerprint density at radius 1 is 1.40 bits per heavy atom. The van der Waals surface area contributed by atoms with E-state index in [1.165, 1.54) is 4.57 Å². The average molecular weight is 352 g/mol. The molecule has 2 rings (SSSR count). The molecule has 1 unspecified atom stereocenters. The van der Waals surface area contributed by atoms with Crippen LogP contribution < -0.4 is 5.56 Å². The quantitative estimate of drug-likeness (QED) is 0.675. The van der Waals surface area contributed by atoms with Crippen molar-refractivity contribution >= 4 is 5.97 Å². The summed E-state index contributed by atoms with van der Waals surface area (Å²) in [6, 6.07) is 0.974. The number of halogens is 1. The maximum Gasteiger partial charge on any atom is 0.329 e. The summed E-state index contributed by atoms with van der Waals surface area (Å²) in [5, 5.41) is 0. The molecule has 0 saturated carbocycles. The second-order valence-corrected chi connectivity index (χ2v) is 7.23. The van der Waals surface area contributed by atoms with E-state index in [-0.39, 0.29) is 17.4 Å². The van der Waals surface area contributed by atoms with Gasteiger partial charge in [0.05, 0.1) is 6.61 Å². The summed E-state index contributed by atoms with van der Waals surface area (Å²) >= 11 is 0. The summed E-state index contributed by atoms with van der Waals surface area (Å²) in [5.74, 6) is -0.107. The van der Waals surface area contributed by atoms with Crippen LogP contribution in [0.5, 0.6) is 0 Å². The van der Waals surface area contributed by atoms with Crippen molar-refractivity contribution in [1.29, 1.82) is 0 Å². The molecule has 1 aliphatic rings. The van der Waals surface area contributed by atoms with Gasteiger partial charge in [-0.05, 0) is 43.7 Å². The number of rotatable bonds is 8. The molecule has 0 bridgehead atoms. The molecule has 140 valence electrons. The molecule has 5 nitrogen and oxygen atoms in total. The highest BCUT2D eigenvalue weighted by molar-refractivity contribution is 5.74. The zero-order valence-electron chi connectivity index (χ0n) is 15.6. The first-order valence-corrected chi connectivity index (χ1v) is 9.06. The minimum absolute atomic E-state index is 0.187. The van der Waals surface area contributed by atoms with Gasteiger partial charge in [0.15, 0.2) is 0 Å². The molecular weight excluding hydrogens is 323 g/mol. The minimum atomic E-state index is -0.714. The summed E-state index contributed by atoms with van der Waals surface area (Å²) in [4.78, 5) is 26.9. The predicted octanol–water partition coefficient (Wildman–Crippen LogP) is 2.50. The maximum absolute atomic E-state index is 12.9. The van der Waals surface area contributed by atoms with E-state index in [0.29, 0.717) is 26.1 Å². The fourth-order valence-corrected chi connectivity index (χ4v) is 3.17. The molecule has 0 aliphatic carbocycles. The van der Waals surface area contributed by atoms with Crippen molar-refractivity contribution < 1.29 is 13.9 Å². The van der Waals surface area contributed by atoms with E-state index < -0.39 is 12.2 Å². The average Bonchev–Trinajstić information content (AvgIpc) is 2.50. The number of nitrogens with zero attached hydrogens (tertiary/aromatic N) is 2. The number of hydrogen-bond donors (Lipinski definition) is 0. The van der Waals surface area contributed by atoms with Crippen molar-refractivity contribution in [3.05, 3.63) is 33.7 Å². The first kappa shape index (κ1) is 19.6. The molecule has 0 spiro atoms. The van der Waals surface area contributed by atoms with E-state index in [0.717, 1.165) is 24.1 Å². The lowest BCUT2D eigenvalue weighted by molar-refractivity contribution is -0.147. The molecule has 1 atom stereocenters. The smallest absolute Gasteiger partial charge is 0.329 e. The van der Waals surface area contributed by atoms with Gasteiger partial charge in [-0.3, -0.25) is 9.69 Å². The van der Waals surface area contributed by atoms with Gasteiger partial charge < -0.3 is 9.30 Å². The van der Waals surface area contributed by atoms with Crippen LogP contribution in [0.1, 0.15) is 44.4 Å². The minimum Gasteiger partial charge on any atom is -0.464 e. The molecule has 2 heterocycles. The number of ether oxygens (including phenoxy) is 1. The van der Waals surface area contributed by atoms with E-state index in [9.17, 15) is 14.0 Å². The fraction of sp³-hybridized carbons (Fsp3) is 0.684. The van der Waals surface area contributed by atoms with Crippen LogP contribution in [0, 0.1) is 12.8 Å². The molecule has 25 heavy (non-hydrogen) atoms. The monoisotopic (exact) mass is 352 g/mol. The highest BCUT2D eigenvalue weighted by atomic mass is 19.1. The van der Waals surface area contributed by atoms with Crippen molar-refractivity contribution in [2.45, 2.75) is 52.8 Å². The Morgan fingerprint density at radius 3 is 2.64 bits per heavy atom. The largest absolute Gasteiger partial charge is 0.464 e. The van der Waals surface area contributed by atoms with Gasteiger partial charge >= 0.3 is 5.97 Å². The number of carbonyl (C=O) groups is 1. The first-order chi connectivity index (χ1) is 11.8. The standard InChI is InChI=1S/C19H29FN2O3/c1-5-25-19(24)17(8-13(2)3)22-10-15(14(4)9-18(22)23)6-7-21-11-16(20)12-21/h9-10,13,16-17H,5-8,11-12H2,1-4H3. The summed E-state index contributed by atoms with van der Waals surface area (Å²) in [6.45, 7) is 9.71. The summed E-state index contributed by atoms with van der Waals surface area (Å²) in [6.07, 6.45) is 2.36. The van der Waals surface area contributed by atoms with Crippen LogP contribution in [0.3, 0.4) is 0 Å². The van der Waals surface area contributed by atoms with E-state index in [1.54, 1.807) is 19.2 Å². The molecule has 6 heteroatoms. The van der Waals surface area contributed by atoms with E-state index in [1.807, 2.05) is 20.8 Å². The van der Waals surface area contributed by atoms with Crippen LogP contribution in [-0.4, -0.2) is 47.8 Å². The highest BCUT2D eigenvalue weighted by Gasteiger charge is 2.27. The molecule has 1 aromatic rings. The van der Waals surface area contributed by atoms with Gasteiger partial charge in [0, 0.05) is 31.9 Å². The van der Waals surface area contributed by atoms with Crippen LogP contribution in [0.15, 0.2) is 17.1 Å². The van der Waals surface area contributed by atoms with E-state index >= 15 is 0 Å². The Morgan fingerprint density at radius 2 is 2.08 bits per heavy atom.